The van der Waals surface area contributed by atoms with E-state index in [0.717, 1.165) is 17.5 Å². The first-order valence-corrected chi connectivity index (χ1v) is 9.80. The van der Waals surface area contributed by atoms with Gasteiger partial charge in [-0.05, 0) is 55.0 Å². The maximum atomic E-state index is 12.8. The smallest absolute Gasteiger partial charge is 0.267 e. The fourth-order valence-corrected chi connectivity index (χ4v) is 3.60. The number of carbonyl (C=O) groups excluding carboxylic acids is 4. The Morgan fingerprint density at radius 3 is 2.73 bits per heavy atom. The number of carbonyl (C=O) groups is 4. The number of hydrogen-bond acceptors (Lipinski definition) is 5. The fourth-order valence-electron chi connectivity index (χ4n) is 3.60. The van der Waals surface area contributed by atoms with E-state index in [1.165, 1.54) is 11.1 Å². The number of amides is 4. The average Bonchev–Trinajstić information content (AvgIpc) is 2.73. The Labute approximate surface area is 174 Å². The Balaban J connectivity index is 1.63. The minimum Gasteiger partial charge on any atom is -0.364 e. The van der Waals surface area contributed by atoms with Crippen molar-refractivity contribution in [2.45, 2.75) is 38.1 Å². The number of aromatic nitrogens is 1. The summed E-state index contributed by atoms with van der Waals surface area (Å²) in [6.45, 7) is 0. The second kappa shape index (κ2) is 9.30. The number of nitrogens with two attached hydrogens (primary N) is 1. The molecule has 2 aromatic rings. The highest BCUT2D eigenvalue weighted by atomic mass is 16.2. The Morgan fingerprint density at radius 1 is 1.20 bits per heavy atom. The van der Waals surface area contributed by atoms with Gasteiger partial charge in [-0.25, -0.2) is 0 Å². The first-order valence-electron chi connectivity index (χ1n) is 9.80. The maximum absolute atomic E-state index is 12.8. The highest BCUT2D eigenvalue weighted by molar-refractivity contribution is 6.03. The van der Waals surface area contributed by atoms with Crippen molar-refractivity contribution in [3.8, 4) is 0 Å². The molecule has 0 radical (unpaired) electrons. The van der Waals surface area contributed by atoms with Crippen LogP contribution in [0, 0.1) is 0 Å². The van der Waals surface area contributed by atoms with Crippen LogP contribution in [-0.2, 0) is 22.4 Å². The molecule has 1 unspecified atom stereocenters. The maximum Gasteiger partial charge on any atom is 0.267 e. The molecule has 4 amide bonds. The van der Waals surface area contributed by atoms with Gasteiger partial charge in [0, 0.05) is 25.2 Å². The van der Waals surface area contributed by atoms with Crippen LogP contribution in [0.25, 0.3) is 0 Å². The van der Waals surface area contributed by atoms with E-state index in [1.807, 2.05) is 18.2 Å². The molecule has 1 aromatic heterocycles. The third-order valence-electron chi connectivity index (χ3n) is 5.21. The number of benzene rings is 1. The van der Waals surface area contributed by atoms with Gasteiger partial charge in [0.25, 0.3) is 11.8 Å². The molecular formula is C22H24N4O4. The zero-order chi connectivity index (χ0) is 21.7. The van der Waals surface area contributed by atoms with Crippen LogP contribution in [0.2, 0.25) is 0 Å². The molecule has 0 bridgehead atoms. The second-order valence-corrected chi connectivity index (χ2v) is 7.31. The lowest BCUT2D eigenvalue weighted by Crippen LogP contribution is -2.52. The van der Waals surface area contributed by atoms with E-state index in [4.69, 9.17) is 5.73 Å². The summed E-state index contributed by atoms with van der Waals surface area (Å²) in [6, 6.07) is 10.2. The third kappa shape index (κ3) is 4.89. The summed E-state index contributed by atoms with van der Waals surface area (Å²) in [5, 5.41) is 2.27. The predicted molar refractivity (Wildman–Crippen MR) is 109 cm³/mol. The van der Waals surface area contributed by atoms with Gasteiger partial charge in [0.15, 0.2) is 0 Å². The molecule has 8 heteroatoms. The van der Waals surface area contributed by atoms with E-state index in [1.54, 1.807) is 25.2 Å². The summed E-state index contributed by atoms with van der Waals surface area (Å²) in [4.78, 5) is 53.1. The molecule has 1 saturated heterocycles. The van der Waals surface area contributed by atoms with Crippen molar-refractivity contribution < 1.29 is 19.2 Å². The first kappa shape index (κ1) is 21.2. The van der Waals surface area contributed by atoms with Gasteiger partial charge < -0.3 is 10.6 Å². The third-order valence-corrected chi connectivity index (χ3v) is 5.21. The van der Waals surface area contributed by atoms with Crippen LogP contribution in [0.1, 0.15) is 51.2 Å². The summed E-state index contributed by atoms with van der Waals surface area (Å²) in [5.74, 6) is -1.57. The van der Waals surface area contributed by atoms with Gasteiger partial charge >= 0.3 is 0 Å². The fraction of sp³-hybridized carbons (Fsp3) is 0.318. The number of hydrogen-bond donors (Lipinski definition) is 2. The Morgan fingerprint density at radius 2 is 2.00 bits per heavy atom. The Hall–Kier alpha value is -3.55. The number of piperidine rings is 1. The molecular weight excluding hydrogens is 384 g/mol. The summed E-state index contributed by atoms with van der Waals surface area (Å²) < 4.78 is 0. The van der Waals surface area contributed by atoms with Crippen molar-refractivity contribution in [1.82, 2.24) is 15.2 Å². The van der Waals surface area contributed by atoms with Crippen LogP contribution in [-0.4, -0.2) is 46.6 Å². The van der Waals surface area contributed by atoms with Crippen molar-refractivity contribution in [3.63, 3.8) is 0 Å². The number of imide groups is 1. The monoisotopic (exact) mass is 408 g/mol. The van der Waals surface area contributed by atoms with Crippen LogP contribution in [0.3, 0.4) is 0 Å². The zero-order valence-electron chi connectivity index (χ0n) is 16.8. The molecule has 0 aliphatic carbocycles. The minimum atomic E-state index is -0.656. The van der Waals surface area contributed by atoms with Gasteiger partial charge in [0.1, 0.15) is 11.7 Å². The largest absolute Gasteiger partial charge is 0.364 e. The normalized spacial score (nSPS) is 16.1. The standard InChI is InChI=1S/C22H24N4O4/c1-26(17-10-11-18(27)25-21(17)29)22(30)16-8-3-6-14(13-16)5-2-7-15-9-4-12-24-19(15)20(23)28/h3-4,6,8-9,12-13,17H,2,5,7,10-11H2,1H3,(H2,23,28)(H,25,27,29). The Bertz CT molecular complexity index is 989. The zero-order valence-corrected chi connectivity index (χ0v) is 16.8. The SMILES string of the molecule is CN(C(=O)c1cccc(CCCc2cccnc2C(N)=O)c1)C1CCC(=O)NC1=O. The number of rotatable bonds is 7. The van der Waals surface area contributed by atoms with Crippen molar-refractivity contribution in [2.75, 3.05) is 7.05 Å². The number of pyridine rings is 1. The summed E-state index contributed by atoms with van der Waals surface area (Å²) in [7, 11) is 1.57. The van der Waals surface area contributed by atoms with Crippen LogP contribution in [0.15, 0.2) is 42.6 Å². The lowest BCUT2D eigenvalue weighted by atomic mass is 10.00. The highest BCUT2D eigenvalue weighted by Gasteiger charge is 2.32. The first-order chi connectivity index (χ1) is 14.4. The molecule has 156 valence electrons. The highest BCUT2D eigenvalue weighted by Crippen LogP contribution is 2.17. The van der Waals surface area contributed by atoms with Gasteiger partial charge in [0.2, 0.25) is 11.8 Å². The lowest BCUT2D eigenvalue weighted by molar-refractivity contribution is -0.136. The molecule has 1 aliphatic heterocycles. The number of primary amides is 1. The van der Waals surface area contributed by atoms with Crippen molar-refractivity contribution in [1.29, 1.82) is 0 Å². The molecule has 1 aromatic carbocycles. The number of nitrogens with zero attached hydrogens (tertiary/aromatic N) is 2. The van der Waals surface area contributed by atoms with Crippen molar-refractivity contribution in [3.05, 3.63) is 65.0 Å². The van der Waals surface area contributed by atoms with E-state index in [9.17, 15) is 19.2 Å². The van der Waals surface area contributed by atoms with E-state index < -0.39 is 17.9 Å². The summed E-state index contributed by atoms with van der Waals surface area (Å²) >= 11 is 0. The number of nitrogens with one attached hydrogen (secondary N) is 1. The minimum absolute atomic E-state index is 0.218. The summed E-state index contributed by atoms with van der Waals surface area (Å²) in [6.07, 6.45) is 4.18. The molecule has 1 atom stereocenters. The Kier molecular flexibility index (Phi) is 6.56. The average molecular weight is 408 g/mol. The van der Waals surface area contributed by atoms with Gasteiger partial charge in [-0.2, -0.15) is 0 Å². The van der Waals surface area contributed by atoms with E-state index >= 15 is 0 Å². The quantitative estimate of drug-likeness (QED) is 0.667. The number of aryl methyl sites for hydroxylation is 2. The molecule has 30 heavy (non-hydrogen) atoms. The molecule has 2 heterocycles. The van der Waals surface area contributed by atoms with Gasteiger partial charge in [-0.1, -0.05) is 18.2 Å². The van der Waals surface area contributed by atoms with Crippen molar-refractivity contribution >= 4 is 23.6 Å². The van der Waals surface area contributed by atoms with Crippen LogP contribution < -0.4 is 11.1 Å². The topological polar surface area (TPSA) is 122 Å². The number of likely N-dealkylation sites (N-methyl/N-ethyl adjacent to an activating group) is 1. The summed E-state index contributed by atoms with van der Waals surface area (Å²) in [5.41, 5.74) is 7.91. The molecule has 3 N–H and O–H groups in total. The van der Waals surface area contributed by atoms with Gasteiger partial charge in [-0.15, -0.1) is 0 Å². The van der Waals surface area contributed by atoms with E-state index in [-0.39, 0.29) is 23.9 Å². The van der Waals surface area contributed by atoms with E-state index in [0.29, 0.717) is 24.8 Å². The molecule has 8 nitrogen and oxygen atoms in total. The molecule has 0 saturated carbocycles. The van der Waals surface area contributed by atoms with Crippen LogP contribution in [0.5, 0.6) is 0 Å². The van der Waals surface area contributed by atoms with Crippen molar-refractivity contribution in [2.24, 2.45) is 5.73 Å². The second-order valence-electron chi connectivity index (χ2n) is 7.31. The van der Waals surface area contributed by atoms with Crippen LogP contribution >= 0.6 is 0 Å². The molecule has 1 aliphatic rings. The molecule has 1 fully saturated rings. The molecule has 0 spiro atoms. The van der Waals surface area contributed by atoms with Gasteiger partial charge in [0.05, 0.1) is 0 Å². The molecule has 3 rings (SSSR count). The lowest BCUT2D eigenvalue weighted by Gasteiger charge is -2.29. The predicted octanol–water partition coefficient (Wildman–Crippen LogP) is 1.23. The van der Waals surface area contributed by atoms with Crippen LogP contribution in [0.4, 0.5) is 0 Å². The van der Waals surface area contributed by atoms with Gasteiger partial charge in [-0.3, -0.25) is 29.5 Å². The van der Waals surface area contributed by atoms with E-state index in [2.05, 4.69) is 10.3 Å².